The molecule has 1 aromatic carbocycles. The van der Waals surface area contributed by atoms with Crippen molar-refractivity contribution in [3.8, 4) is 5.75 Å². The van der Waals surface area contributed by atoms with Crippen LogP contribution >= 0.6 is 15.9 Å². The molecule has 2 rings (SSSR count). The van der Waals surface area contributed by atoms with Gasteiger partial charge in [0.1, 0.15) is 24.0 Å². The molecule has 0 saturated heterocycles. The molecule has 0 bridgehead atoms. The van der Waals surface area contributed by atoms with Crippen molar-refractivity contribution in [3.05, 3.63) is 52.4 Å². The molecule has 0 atom stereocenters. The summed E-state index contributed by atoms with van der Waals surface area (Å²) in [7, 11) is 0. The minimum Gasteiger partial charge on any atom is -0.488 e. The van der Waals surface area contributed by atoms with Crippen molar-refractivity contribution in [2.24, 2.45) is 5.84 Å². The largest absolute Gasteiger partial charge is 0.488 e. The topological polar surface area (TPSA) is 60.2 Å². The molecule has 0 radical (unpaired) electrons. The smallest absolute Gasteiger partial charge is 0.146 e. The van der Waals surface area contributed by atoms with E-state index in [0.29, 0.717) is 16.0 Å². The Kier molecular flexibility index (Phi) is 4.11. The zero-order valence-electron chi connectivity index (χ0n) is 9.36. The molecule has 1 aromatic heterocycles. The summed E-state index contributed by atoms with van der Waals surface area (Å²) in [6, 6.07) is 7.89. The fourth-order valence-electron chi connectivity index (χ4n) is 1.43. The lowest BCUT2D eigenvalue weighted by Crippen LogP contribution is -2.12. The van der Waals surface area contributed by atoms with Gasteiger partial charge in [0, 0.05) is 11.8 Å². The van der Waals surface area contributed by atoms with E-state index in [1.165, 1.54) is 12.1 Å². The number of halogens is 2. The molecule has 0 aliphatic rings. The van der Waals surface area contributed by atoms with Crippen molar-refractivity contribution in [2.75, 3.05) is 5.43 Å². The third-order valence-corrected chi connectivity index (χ3v) is 2.92. The number of aromatic nitrogens is 1. The Bertz CT molecular complexity index is 551. The number of nitrogen functional groups attached to an aromatic ring is 1. The molecule has 18 heavy (non-hydrogen) atoms. The summed E-state index contributed by atoms with van der Waals surface area (Å²) in [4.78, 5) is 4.06. The van der Waals surface area contributed by atoms with Gasteiger partial charge in [0.15, 0.2) is 0 Å². The fraction of sp³-hybridized carbons (Fsp3) is 0.0833. The maximum Gasteiger partial charge on any atom is 0.146 e. The number of nitrogens with zero attached hydrogens (tertiary/aromatic N) is 1. The normalized spacial score (nSPS) is 10.2. The van der Waals surface area contributed by atoms with E-state index in [0.717, 1.165) is 5.56 Å². The molecule has 94 valence electrons. The lowest BCUT2D eigenvalue weighted by Gasteiger charge is -2.10. The van der Waals surface area contributed by atoms with Crippen molar-refractivity contribution in [1.82, 2.24) is 4.98 Å². The molecule has 1 heterocycles. The molecular weight excluding hydrogens is 301 g/mol. The predicted octanol–water partition coefficient (Wildman–Crippen LogP) is 2.85. The van der Waals surface area contributed by atoms with Crippen LogP contribution in [0.15, 0.2) is 41.0 Å². The Labute approximate surface area is 112 Å². The molecule has 2 aromatic rings. The van der Waals surface area contributed by atoms with Crippen LogP contribution in [0.3, 0.4) is 0 Å². The molecule has 3 N–H and O–H groups in total. The van der Waals surface area contributed by atoms with Crippen LogP contribution < -0.4 is 16.0 Å². The molecule has 6 heteroatoms. The highest BCUT2D eigenvalue weighted by Crippen LogP contribution is 2.26. The van der Waals surface area contributed by atoms with Crippen molar-refractivity contribution in [2.45, 2.75) is 6.61 Å². The number of hydrazine groups is 1. The Morgan fingerprint density at radius 1 is 1.39 bits per heavy atom. The monoisotopic (exact) mass is 311 g/mol. The minimum absolute atomic E-state index is 0.289. The van der Waals surface area contributed by atoms with E-state index >= 15 is 0 Å². The minimum atomic E-state index is -0.320. The average Bonchev–Trinajstić information content (AvgIpc) is 2.38. The van der Waals surface area contributed by atoms with Gasteiger partial charge in [-0.15, -0.1) is 0 Å². The quantitative estimate of drug-likeness (QED) is 0.673. The maximum absolute atomic E-state index is 12.9. The number of benzene rings is 1. The van der Waals surface area contributed by atoms with Gasteiger partial charge in [-0.05, 0) is 40.2 Å². The summed E-state index contributed by atoms with van der Waals surface area (Å²) in [6.07, 6.45) is 1.63. The van der Waals surface area contributed by atoms with Gasteiger partial charge >= 0.3 is 0 Å². The van der Waals surface area contributed by atoms with E-state index in [2.05, 4.69) is 26.3 Å². The van der Waals surface area contributed by atoms with Crippen molar-refractivity contribution < 1.29 is 9.13 Å². The fourth-order valence-corrected chi connectivity index (χ4v) is 1.90. The molecule has 0 saturated carbocycles. The van der Waals surface area contributed by atoms with Gasteiger partial charge < -0.3 is 10.2 Å². The Hall–Kier alpha value is -1.66. The number of ether oxygens (including phenoxy) is 1. The SMILES string of the molecule is NNc1ncccc1COc1ccc(F)cc1Br. The van der Waals surface area contributed by atoms with Crippen LogP contribution in [0, 0.1) is 5.82 Å². The number of hydrogen-bond donors (Lipinski definition) is 2. The molecular formula is C12H11BrFN3O. The number of rotatable bonds is 4. The van der Waals surface area contributed by atoms with Gasteiger partial charge in [-0.3, -0.25) is 0 Å². The highest BCUT2D eigenvalue weighted by Gasteiger charge is 2.06. The van der Waals surface area contributed by atoms with Gasteiger partial charge in [-0.25, -0.2) is 15.2 Å². The predicted molar refractivity (Wildman–Crippen MR) is 70.5 cm³/mol. The molecule has 0 spiro atoms. The van der Waals surface area contributed by atoms with Crippen molar-refractivity contribution >= 4 is 21.7 Å². The van der Waals surface area contributed by atoms with Crippen LogP contribution in [0.2, 0.25) is 0 Å². The highest BCUT2D eigenvalue weighted by molar-refractivity contribution is 9.10. The van der Waals surface area contributed by atoms with E-state index in [1.54, 1.807) is 18.3 Å². The second kappa shape index (κ2) is 5.79. The van der Waals surface area contributed by atoms with Crippen molar-refractivity contribution in [1.29, 1.82) is 0 Å². The molecule has 0 aliphatic heterocycles. The van der Waals surface area contributed by atoms with Crippen LogP contribution in [0.4, 0.5) is 10.2 Å². The highest BCUT2D eigenvalue weighted by atomic mass is 79.9. The number of nitrogens with one attached hydrogen (secondary N) is 1. The third-order valence-electron chi connectivity index (χ3n) is 2.31. The summed E-state index contributed by atoms with van der Waals surface area (Å²) in [5.41, 5.74) is 3.31. The molecule has 0 aliphatic carbocycles. The summed E-state index contributed by atoms with van der Waals surface area (Å²) >= 11 is 3.24. The molecule has 0 fully saturated rings. The molecule has 0 amide bonds. The third kappa shape index (κ3) is 2.96. The van der Waals surface area contributed by atoms with E-state index in [-0.39, 0.29) is 12.4 Å². The lowest BCUT2D eigenvalue weighted by atomic mass is 10.2. The number of nitrogens with two attached hydrogens (primary N) is 1. The summed E-state index contributed by atoms with van der Waals surface area (Å²) in [5, 5.41) is 0. The first-order valence-electron chi connectivity index (χ1n) is 5.19. The van der Waals surface area contributed by atoms with Crippen LogP contribution in [-0.2, 0) is 6.61 Å². The van der Waals surface area contributed by atoms with Gasteiger partial charge in [-0.2, -0.15) is 0 Å². The Morgan fingerprint density at radius 3 is 2.94 bits per heavy atom. The van der Waals surface area contributed by atoms with Gasteiger partial charge in [0.2, 0.25) is 0 Å². The molecule has 0 unspecified atom stereocenters. The maximum atomic E-state index is 12.9. The Balaban J connectivity index is 2.11. The zero-order valence-corrected chi connectivity index (χ0v) is 10.9. The lowest BCUT2D eigenvalue weighted by molar-refractivity contribution is 0.304. The summed E-state index contributed by atoms with van der Waals surface area (Å²) in [5.74, 6) is 6.13. The van der Waals surface area contributed by atoms with E-state index in [4.69, 9.17) is 10.6 Å². The van der Waals surface area contributed by atoms with Crippen LogP contribution in [0.5, 0.6) is 5.75 Å². The van der Waals surface area contributed by atoms with Gasteiger partial charge in [0.25, 0.3) is 0 Å². The summed E-state index contributed by atoms with van der Waals surface area (Å²) < 4.78 is 19.0. The van der Waals surface area contributed by atoms with E-state index < -0.39 is 0 Å². The van der Waals surface area contributed by atoms with E-state index in [9.17, 15) is 4.39 Å². The van der Waals surface area contributed by atoms with Gasteiger partial charge in [-0.1, -0.05) is 6.07 Å². The van der Waals surface area contributed by atoms with E-state index in [1.807, 2.05) is 6.07 Å². The second-order valence-corrected chi connectivity index (χ2v) is 4.37. The van der Waals surface area contributed by atoms with Crippen molar-refractivity contribution in [3.63, 3.8) is 0 Å². The number of anilines is 1. The first-order chi connectivity index (χ1) is 8.70. The standard InChI is InChI=1S/C12H11BrFN3O/c13-10-6-9(14)3-4-11(10)18-7-8-2-1-5-16-12(8)17-15/h1-6H,7,15H2,(H,16,17). The first-order valence-corrected chi connectivity index (χ1v) is 5.98. The zero-order chi connectivity index (χ0) is 13.0. The number of pyridine rings is 1. The van der Waals surface area contributed by atoms with Crippen LogP contribution in [0.25, 0.3) is 0 Å². The first kappa shape index (κ1) is 12.8. The van der Waals surface area contributed by atoms with Gasteiger partial charge in [0.05, 0.1) is 4.47 Å². The average molecular weight is 312 g/mol. The van der Waals surface area contributed by atoms with Crippen LogP contribution in [-0.4, -0.2) is 4.98 Å². The Morgan fingerprint density at radius 2 is 2.22 bits per heavy atom. The summed E-state index contributed by atoms with van der Waals surface area (Å²) in [6.45, 7) is 0.289. The second-order valence-electron chi connectivity index (χ2n) is 3.52. The molecule has 4 nitrogen and oxygen atoms in total. The number of hydrogen-bond acceptors (Lipinski definition) is 4. The van der Waals surface area contributed by atoms with Crippen LogP contribution in [0.1, 0.15) is 5.56 Å².